The summed E-state index contributed by atoms with van der Waals surface area (Å²) < 4.78 is 0. The highest BCUT2D eigenvalue weighted by molar-refractivity contribution is 5.43. The van der Waals surface area contributed by atoms with Gasteiger partial charge in [0.15, 0.2) is 0 Å². The van der Waals surface area contributed by atoms with E-state index in [2.05, 4.69) is 35.9 Å². The normalized spacial score (nSPS) is 33.0. The zero-order valence-corrected chi connectivity index (χ0v) is 9.24. The Labute approximate surface area is 91.5 Å². The van der Waals surface area contributed by atoms with Gasteiger partial charge in [-0.25, -0.2) is 0 Å². The average molecular weight is 199 g/mol. The molecular formula is C14H17N. The molecule has 2 atom stereocenters. The summed E-state index contributed by atoms with van der Waals surface area (Å²) in [4.78, 5) is 2.44. The van der Waals surface area contributed by atoms with Crippen molar-refractivity contribution in [2.75, 3.05) is 7.05 Å². The van der Waals surface area contributed by atoms with Gasteiger partial charge in [-0.1, -0.05) is 36.8 Å². The van der Waals surface area contributed by atoms with E-state index in [9.17, 15) is 0 Å². The van der Waals surface area contributed by atoms with Crippen molar-refractivity contribution >= 4 is 0 Å². The minimum absolute atomic E-state index is 0.743. The maximum atomic E-state index is 3.41. The molecule has 0 radical (unpaired) electrons. The van der Waals surface area contributed by atoms with Gasteiger partial charge in [0.25, 0.3) is 0 Å². The van der Waals surface area contributed by atoms with E-state index in [1.165, 1.54) is 37.0 Å². The van der Waals surface area contributed by atoms with Crippen LogP contribution in [-0.2, 0) is 0 Å². The molecule has 2 fully saturated rings. The number of allylic oxidation sites excluding steroid dienone is 4. The maximum absolute atomic E-state index is 3.41. The van der Waals surface area contributed by atoms with Crippen molar-refractivity contribution in [2.24, 2.45) is 5.92 Å². The Hall–Kier alpha value is -1.20. The zero-order valence-electron chi connectivity index (χ0n) is 9.24. The van der Waals surface area contributed by atoms with E-state index in [0.29, 0.717) is 0 Å². The van der Waals surface area contributed by atoms with Gasteiger partial charge in [0.1, 0.15) is 0 Å². The molecule has 1 aliphatic heterocycles. The van der Waals surface area contributed by atoms with Crippen LogP contribution >= 0.6 is 0 Å². The lowest BCUT2D eigenvalue weighted by Gasteiger charge is -2.29. The number of hydrogen-bond donors (Lipinski definition) is 0. The number of likely N-dealkylation sites (N-methyl/N-ethyl adjacent to an activating group) is 1. The molecule has 0 bridgehead atoms. The lowest BCUT2D eigenvalue weighted by atomic mass is 9.82. The van der Waals surface area contributed by atoms with Gasteiger partial charge < -0.3 is 4.90 Å². The number of fused-ring (bicyclic) bond motifs is 3. The van der Waals surface area contributed by atoms with Gasteiger partial charge in [0.05, 0.1) is 5.70 Å². The quantitative estimate of drug-likeness (QED) is 0.542. The molecule has 1 saturated heterocycles. The van der Waals surface area contributed by atoms with Gasteiger partial charge in [0.2, 0.25) is 0 Å². The van der Waals surface area contributed by atoms with Gasteiger partial charge in [-0.05, 0) is 24.5 Å². The van der Waals surface area contributed by atoms with Crippen LogP contribution in [0.5, 0.6) is 0 Å². The molecule has 0 aromatic carbocycles. The average Bonchev–Trinajstić information content (AvgIpc) is 2.48. The van der Waals surface area contributed by atoms with Gasteiger partial charge in [-0.15, -0.1) is 0 Å². The molecule has 3 rings (SSSR count). The number of likely N-dealkylation sites (tertiary alicyclic amines) is 1. The van der Waals surface area contributed by atoms with Crippen molar-refractivity contribution in [1.82, 2.24) is 4.90 Å². The van der Waals surface area contributed by atoms with E-state index in [1.54, 1.807) is 0 Å². The van der Waals surface area contributed by atoms with Gasteiger partial charge in [0, 0.05) is 19.0 Å². The Balaban J connectivity index is 2.07. The Morgan fingerprint density at radius 1 is 1.27 bits per heavy atom. The first kappa shape index (κ1) is 9.06. The van der Waals surface area contributed by atoms with Crippen LogP contribution < -0.4 is 0 Å². The van der Waals surface area contributed by atoms with Crippen LogP contribution in [0.3, 0.4) is 0 Å². The lowest BCUT2D eigenvalue weighted by molar-refractivity contribution is 0.235. The molecule has 3 aliphatic rings. The first-order chi connectivity index (χ1) is 7.38. The van der Waals surface area contributed by atoms with Crippen LogP contribution in [-0.4, -0.2) is 18.0 Å². The third-order valence-electron chi connectivity index (χ3n) is 3.96. The van der Waals surface area contributed by atoms with Crippen LogP contribution in [0.25, 0.3) is 0 Å². The SMILES string of the molecule is CN1C2=C=CC=CC=C2C2CCCCC21. The molecular weight excluding hydrogens is 182 g/mol. The monoisotopic (exact) mass is 199 g/mol. The van der Waals surface area contributed by atoms with E-state index < -0.39 is 0 Å². The summed E-state index contributed by atoms with van der Waals surface area (Å²) in [6.45, 7) is 0. The second kappa shape index (κ2) is 3.43. The highest BCUT2D eigenvalue weighted by atomic mass is 15.2. The summed E-state index contributed by atoms with van der Waals surface area (Å²) in [6, 6.07) is 0.743. The number of nitrogens with zero attached hydrogens (tertiary/aromatic N) is 1. The summed E-state index contributed by atoms with van der Waals surface area (Å²) in [5, 5.41) is 0. The standard InChI is InChI=1S/C14H17N/c1-15-13-9-4-2-3-7-11(13)12-8-5-6-10-14(12)15/h2-4,7,12,14H,5-6,8,10H2,1H3. The van der Waals surface area contributed by atoms with Gasteiger partial charge >= 0.3 is 0 Å². The molecule has 1 saturated carbocycles. The number of rotatable bonds is 0. The van der Waals surface area contributed by atoms with E-state index >= 15 is 0 Å². The van der Waals surface area contributed by atoms with E-state index in [-0.39, 0.29) is 0 Å². The van der Waals surface area contributed by atoms with Crippen molar-refractivity contribution in [3.8, 4) is 0 Å². The Morgan fingerprint density at radius 2 is 2.13 bits per heavy atom. The highest BCUT2D eigenvalue weighted by Gasteiger charge is 2.40. The van der Waals surface area contributed by atoms with Crippen molar-refractivity contribution in [3.63, 3.8) is 0 Å². The Bertz CT molecular complexity index is 394. The fourth-order valence-electron chi connectivity index (χ4n) is 3.21. The molecule has 78 valence electrons. The summed E-state index contributed by atoms with van der Waals surface area (Å²) in [7, 11) is 2.23. The van der Waals surface area contributed by atoms with E-state index in [1.807, 2.05) is 6.08 Å². The molecule has 1 nitrogen and oxygen atoms in total. The van der Waals surface area contributed by atoms with Crippen LogP contribution in [0.15, 0.2) is 41.3 Å². The summed E-state index contributed by atoms with van der Waals surface area (Å²) >= 11 is 0. The fraction of sp³-hybridized carbons (Fsp3) is 0.500. The molecule has 15 heavy (non-hydrogen) atoms. The van der Waals surface area contributed by atoms with Crippen LogP contribution in [0.4, 0.5) is 0 Å². The second-order valence-electron chi connectivity index (χ2n) is 4.74. The summed E-state index contributed by atoms with van der Waals surface area (Å²) in [6.07, 6.45) is 14.1. The fourth-order valence-corrected chi connectivity index (χ4v) is 3.21. The minimum atomic E-state index is 0.743. The molecule has 1 heteroatoms. The molecule has 0 aromatic heterocycles. The lowest BCUT2D eigenvalue weighted by Crippen LogP contribution is -2.31. The smallest absolute Gasteiger partial charge is 0.0835 e. The third kappa shape index (κ3) is 1.31. The molecule has 0 spiro atoms. The topological polar surface area (TPSA) is 3.24 Å². The van der Waals surface area contributed by atoms with Gasteiger partial charge in [-0.2, -0.15) is 0 Å². The molecule has 1 heterocycles. The first-order valence-electron chi connectivity index (χ1n) is 5.94. The van der Waals surface area contributed by atoms with Crippen LogP contribution in [0.1, 0.15) is 25.7 Å². The molecule has 0 N–H and O–H groups in total. The Morgan fingerprint density at radius 3 is 3.07 bits per heavy atom. The largest absolute Gasteiger partial charge is 0.364 e. The third-order valence-corrected chi connectivity index (χ3v) is 3.96. The van der Waals surface area contributed by atoms with Crippen LogP contribution in [0.2, 0.25) is 0 Å². The van der Waals surface area contributed by atoms with Gasteiger partial charge in [-0.3, -0.25) is 0 Å². The van der Waals surface area contributed by atoms with E-state index in [0.717, 1.165) is 12.0 Å². The van der Waals surface area contributed by atoms with Crippen LogP contribution in [0, 0.1) is 5.92 Å². The van der Waals surface area contributed by atoms with Crippen molar-refractivity contribution < 1.29 is 0 Å². The molecule has 0 amide bonds. The maximum Gasteiger partial charge on any atom is 0.0835 e. The molecule has 0 aromatic rings. The zero-order chi connectivity index (χ0) is 10.3. The van der Waals surface area contributed by atoms with E-state index in [4.69, 9.17) is 0 Å². The molecule has 2 aliphatic carbocycles. The van der Waals surface area contributed by atoms with Crippen molar-refractivity contribution in [1.29, 1.82) is 0 Å². The summed E-state index contributed by atoms with van der Waals surface area (Å²) in [5.74, 6) is 0.766. The Kier molecular flexibility index (Phi) is 2.07. The minimum Gasteiger partial charge on any atom is -0.364 e. The predicted octanol–water partition coefficient (Wildman–Crippen LogP) is 3.03. The molecule has 2 unspecified atom stereocenters. The second-order valence-corrected chi connectivity index (χ2v) is 4.74. The highest BCUT2D eigenvalue weighted by Crippen LogP contribution is 2.44. The summed E-state index contributed by atoms with van der Waals surface area (Å²) in [5.41, 5.74) is 6.26. The first-order valence-corrected chi connectivity index (χ1v) is 5.94. The number of hydrogen-bond acceptors (Lipinski definition) is 1. The predicted molar refractivity (Wildman–Crippen MR) is 62.3 cm³/mol. The van der Waals surface area contributed by atoms with Crippen molar-refractivity contribution in [2.45, 2.75) is 31.7 Å². The van der Waals surface area contributed by atoms with Crippen molar-refractivity contribution in [3.05, 3.63) is 41.3 Å².